The summed E-state index contributed by atoms with van der Waals surface area (Å²) >= 11 is 0. The van der Waals surface area contributed by atoms with Crippen molar-refractivity contribution in [1.29, 1.82) is 0 Å². The summed E-state index contributed by atoms with van der Waals surface area (Å²) < 4.78 is 0. The van der Waals surface area contributed by atoms with E-state index in [1.165, 1.54) is 5.56 Å². The normalized spacial score (nSPS) is 19.6. The van der Waals surface area contributed by atoms with E-state index in [-0.39, 0.29) is 0 Å². The number of hydrogen-bond donors (Lipinski definition) is 3. The van der Waals surface area contributed by atoms with Crippen molar-refractivity contribution in [3.8, 4) is 5.75 Å². The lowest BCUT2D eigenvalue weighted by Gasteiger charge is -2.08. The summed E-state index contributed by atoms with van der Waals surface area (Å²) in [6, 6.07) is 5.91. The highest BCUT2D eigenvalue weighted by Crippen LogP contribution is 2.29. The molecule has 13 heavy (non-hydrogen) atoms. The topological polar surface area (TPSA) is 58.3 Å². The smallest absolute Gasteiger partial charge is 0.117 e. The third kappa shape index (κ3) is 1.60. The van der Waals surface area contributed by atoms with Crippen LogP contribution in [0.5, 0.6) is 5.75 Å². The highest BCUT2D eigenvalue weighted by molar-refractivity contribution is 5.59. The highest BCUT2D eigenvalue weighted by Gasteiger charge is 2.19. The molecule has 3 heteroatoms. The molecule has 0 spiro atoms. The molecule has 0 bridgehead atoms. The number of nitrogens with two attached hydrogens (primary N) is 1. The average molecular weight is 178 g/mol. The number of fused-ring (bicyclic) bond motifs is 1. The van der Waals surface area contributed by atoms with E-state index in [9.17, 15) is 5.11 Å². The van der Waals surface area contributed by atoms with Crippen LogP contribution in [-0.4, -0.2) is 17.7 Å². The Morgan fingerprint density at radius 3 is 3.15 bits per heavy atom. The highest BCUT2D eigenvalue weighted by atomic mass is 16.3. The lowest BCUT2D eigenvalue weighted by atomic mass is 10.1. The Bertz CT molecular complexity index is 312. The fourth-order valence-corrected chi connectivity index (χ4v) is 1.79. The number of hydrogen-bond acceptors (Lipinski definition) is 3. The molecule has 0 fully saturated rings. The first kappa shape index (κ1) is 8.38. The van der Waals surface area contributed by atoms with E-state index < -0.39 is 0 Å². The van der Waals surface area contributed by atoms with Gasteiger partial charge in [0.1, 0.15) is 5.75 Å². The minimum Gasteiger partial charge on any atom is -0.508 e. The van der Waals surface area contributed by atoms with Crippen LogP contribution in [0.25, 0.3) is 0 Å². The van der Waals surface area contributed by atoms with Gasteiger partial charge in [-0.15, -0.1) is 0 Å². The number of benzene rings is 1. The first-order valence-corrected chi connectivity index (χ1v) is 4.58. The van der Waals surface area contributed by atoms with Crippen molar-refractivity contribution < 1.29 is 5.11 Å². The van der Waals surface area contributed by atoms with Crippen molar-refractivity contribution in [2.24, 2.45) is 5.73 Å². The molecule has 70 valence electrons. The van der Waals surface area contributed by atoms with E-state index in [1.54, 1.807) is 12.1 Å². The zero-order chi connectivity index (χ0) is 9.26. The Kier molecular flexibility index (Phi) is 2.10. The Labute approximate surface area is 77.6 Å². The van der Waals surface area contributed by atoms with Gasteiger partial charge < -0.3 is 16.2 Å². The van der Waals surface area contributed by atoms with E-state index in [4.69, 9.17) is 5.73 Å². The second-order valence-electron chi connectivity index (χ2n) is 3.46. The van der Waals surface area contributed by atoms with Gasteiger partial charge in [-0.1, -0.05) is 6.07 Å². The fourth-order valence-electron chi connectivity index (χ4n) is 1.79. The molecule has 0 aromatic heterocycles. The average Bonchev–Trinajstić information content (AvgIpc) is 2.46. The van der Waals surface area contributed by atoms with Crippen molar-refractivity contribution >= 4 is 5.69 Å². The molecule has 3 nitrogen and oxygen atoms in total. The van der Waals surface area contributed by atoms with E-state index in [1.807, 2.05) is 6.07 Å². The van der Waals surface area contributed by atoms with Crippen LogP contribution in [0.1, 0.15) is 12.0 Å². The predicted molar refractivity (Wildman–Crippen MR) is 52.9 cm³/mol. The molecule has 0 radical (unpaired) electrons. The maximum Gasteiger partial charge on any atom is 0.117 e. The predicted octanol–water partition coefficient (Wildman–Crippen LogP) is 1.08. The summed E-state index contributed by atoms with van der Waals surface area (Å²) in [7, 11) is 0. The Morgan fingerprint density at radius 1 is 1.54 bits per heavy atom. The van der Waals surface area contributed by atoms with Crippen LogP contribution in [0.15, 0.2) is 18.2 Å². The molecule has 4 N–H and O–H groups in total. The quantitative estimate of drug-likeness (QED) is 0.635. The molecule has 1 unspecified atom stereocenters. The number of anilines is 1. The third-order valence-electron chi connectivity index (χ3n) is 2.43. The van der Waals surface area contributed by atoms with E-state index in [0.29, 0.717) is 18.3 Å². The Hall–Kier alpha value is -1.22. The van der Waals surface area contributed by atoms with Gasteiger partial charge in [0.2, 0.25) is 0 Å². The third-order valence-corrected chi connectivity index (χ3v) is 2.43. The second-order valence-corrected chi connectivity index (χ2v) is 3.46. The molecule has 0 amide bonds. The molecule has 0 saturated carbocycles. The first-order chi connectivity index (χ1) is 6.29. The number of nitrogens with one attached hydrogen (secondary N) is 1. The van der Waals surface area contributed by atoms with Gasteiger partial charge in [0.05, 0.1) is 0 Å². The zero-order valence-electron chi connectivity index (χ0n) is 7.46. The number of phenolic OH excluding ortho intramolecular Hbond substituents is 1. The number of rotatable bonds is 2. The van der Waals surface area contributed by atoms with Gasteiger partial charge in [0.25, 0.3) is 0 Å². The van der Waals surface area contributed by atoms with Crippen LogP contribution >= 0.6 is 0 Å². The molecule has 1 aromatic rings. The molecule has 2 rings (SSSR count). The van der Waals surface area contributed by atoms with Gasteiger partial charge in [0, 0.05) is 17.8 Å². The molecule has 1 aliphatic rings. The van der Waals surface area contributed by atoms with Crippen molar-refractivity contribution in [2.75, 3.05) is 11.9 Å². The minimum atomic E-state index is 0.319. The summed E-state index contributed by atoms with van der Waals surface area (Å²) in [5.41, 5.74) is 7.81. The maximum absolute atomic E-state index is 9.25. The van der Waals surface area contributed by atoms with Crippen LogP contribution in [0.3, 0.4) is 0 Å². The summed E-state index contributed by atoms with van der Waals surface area (Å²) in [6.07, 6.45) is 2.00. The van der Waals surface area contributed by atoms with Crippen LogP contribution in [0.2, 0.25) is 0 Å². The van der Waals surface area contributed by atoms with Gasteiger partial charge in [-0.3, -0.25) is 0 Å². The summed E-state index contributed by atoms with van der Waals surface area (Å²) in [5, 5.41) is 12.6. The van der Waals surface area contributed by atoms with Gasteiger partial charge in [-0.05, 0) is 31.0 Å². The summed E-state index contributed by atoms with van der Waals surface area (Å²) in [6.45, 7) is 0.706. The molecule has 0 aliphatic carbocycles. The van der Waals surface area contributed by atoms with Gasteiger partial charge in [0.15, 0.2) is 0 Å². The standard InChI is InChI=1S/C10H14N2O/c11-4-3-8-5-7-1-2-9(13)6-10(7)12-8/h1-2,6,8,12-13H,3-5,11H2. The van der Waals surface area contributed by atoms with Crippen molar-refractivity contribution in [1.82, 2.24) is 0 Å². The zero-order valence-corrected chi connectivity index (χ0v) is 7.46. The molecule has 1 aliphatic heterocycles. The molecular formula is C10H14N2O. The summed E-state index contributed by atoms with van der Waals surface area (Å²) in [5.74, 6) is 0.319. The van der Waals surface area contributed by atoms with Crippen LogP contribution in [-0.2, 0) is 6.42 Å². The lowest BCUT2D eigenvalue weighted by molar-refractivity contribution is 0.475. The van der Waals surface area contributed by atoms with Crippen molar-refractivity contribution in [3.05, 3.63) is 23.8 Å². The Balaban J connectivity index is 2.16. The monoisotopic (exact) mass is 178 g/mol. The van der Waals surface area contributed by atoms with E-state index >= 15 is 0 Å². The summed E-state index contributed by atoms with van der Waals surface area (Å²) in [4.78, 5) is 0. The fraction of sp³-hybridized carbons (Fsp3) is 0.400. The minimum absolute atomic E-state index is 0.319. The van der Waals surface area contributed by atoms with Crippen molar-refractivity contribution in [3.63, 3.8) is 0 Å². The first-order valence-electron chi connectivity index (χ1n) is 4.58. The molecule has 1 heterocycles. The molecule has 1 atom stereocenters. The number of phenols is 1. The number of aromatic hydroxyl groups is 1. The van der Waals surface area contributed by atoms with Crippen LogP contribution in [0, 0.1) is 0 Å². The van der Waals surface area contributed by atoms with E-state index in [2.05, 4.69) is 5.32 Å². The SMILES string of the molecule is NCCC1Cc2ccc(O)cc2N1. The maximum atomic E-state index is 9.25. The Morgan fingerprint density at radius 2 is 2.38 bits per heavy atom. The largest absolute Gasteiger partial charge is 0.508 e. The van der Waals surface area contributed by atoms with Gasteiger partial charge in [-0.2, -0.15) is 0 Å². The molecule has 0 saturated heterocycles. The van der Waals surface area contributed by atoms with Gasteiger partial charge in [-0.25, -0.2) is 0 Å². The molecule has 1 aromatic carbocycles. The van der Waals surface area contributed by atoms with Crippen LogP contribution in [0.4, 0.5) is 5.69 Å². The van der Waals surface area contributed by atoms with Crippen molar-refractivity contribution in [2.45, 2.75) is 18.9 Å². The second kappa shape index (κ2) is 3.26. The van der Waals surface area contributed by atoms with E-state index in [0.717, 1.165) is 18.5 Å². The van der Waals surface area contributed by atoms with Gasteiger partial charge >= 0.3 is 0 Å². The van der Waals surface area contributed by atoms with Crippen LogP contribution < -0.4 is 11.1 Å². The lowest BCUT2D eigenvalue weighted by Crippen LogP contribution is -2.19. The molecular weight excluding hydrogens is 164 g/mol.